The third-order valence-electron chi connectivity index (χ3n) is 4.72. The first kappa shape index (κ1) is 21.1. The van der Waals surface area contributed by atoms with Crippen molar-refractivity contribution in [3.8, 4) is 5.75 Å². The highest BCUT2D eigenvalue weighted by molar-refractivity contribution is 6.31. The van der Waals surface area contributed by atoms with Gasteiger partial charge in [0.05, 0.1) is 10.6 Å². The molecule has 1 N–H and O–H groups in total. The van der Waals surface area contributed by atoms with Gasteiger partial charge in [0.25, 0.3) is 11.8 Å². The average Bonchev–Trinajstić information content (AvgIpc) is 3.08. The number of nitrogens with zero attached hydrogens (tertiary/aromatic N) is 2. The van der Waals surface area contributed by atoms with Crippen LogP contribution in [0.15, 0.2) is 78.4 Å². The summed E-state index contributed by atoms with van der Waals surface area (Å²) >= 11 is 5.89. The summed E-state index contributed by atoms with van der Waals surface area (Å²) in [5, 5.41) is 13.2. The van der Waals surface area contributed by atoms with Gasteiger partial charge in [0, 0.05) is 16.7 Å². The van der Waals surface area contributed by atoms with E-state index in [1.54, 1.807) is 60.7 Å². The lowest BCUT2D eigenvalue weighted by Crippen LogP contribution is -2.35. The number of hydrogen-bond donors (Lipinski definition) is 1. The minimum atomic E-state index is -0.617. The van der Waals surface area contributed by atoms with Crippen molar-refractivity contribution in [2.24, 2.45) is 0 Å². The Morgan fingerprint density at radius 3 is 2.41 bits per heavy atom. The summed E-state index contributed by atoms with van der Waals surface area (Å²) in [4.78, 5) is 36.3. The predicted octanol–water partition coefficient (Wildman–Crippen LogP) is 4.29. The van der Waals surface area contributed by atoms with Crippen molar-refractivity contribution in [2.75, 3.05) is 5.01 Å². The highest BCUT2D eigenvalue weighted by atomic mass is 35.5. The van der Waals surface area contributed by atoms with Crippen LogP contribution in [0.5, 0.6) is 5.75 Å². The Bertz CT molecular complexity index is 1230. The quantitative estimate of drug-likeness (QED) is 0.262. The molecule has 3 aromatic carbocycles. The molecular formula is C23H16ClN3O5. The lowest BCUT2D eigenvalue weighted by atomic mass is 10.1. The van der Waals surface area contributed by atoms with Crippen LogP contribution in [0.4, 0.5) is 11.4 Å². The van der Waals surface area contributed by atoms with Gasteiger partial charge in [-0.15, -0.1) is 0 Å². The van der Waals surface area contributed by atoms with Gasteiger partial charge >= 0.3 is 5.69 Å². The Kier molecular flexibility index (Phi) is 5.87. The topological polar surface area (TPSA) is 102 Å². The number of nitrogens with one attached hydrogen (secondary N) is 1. The van der Waals surface area contributed by atoms with Crippen LogP contribution >= 0.6 is 11.6 Å². The number of para-hydroxylation sites is 2. The van der Waals surface area contributed by atoms with Crippen LogP contribution in [0.3, 0.4) is 0 Å². The molecule has 4 rings (SSSR count). The van der Waals surface area contributed by atoms with Crippen molar-refractivity contribution in [1.29, 1.82) is 0 Å². The number of carbonyl (C=O) groups is 2. The number of hydrogen-bond acceptors (Lipinski definition) is 5. The van der Waals surface area contributed by atoms with Crippen molar-refractivity contribution in [3.05, 3.63) is 105 Å². The summed E-state index contributed by atoms with van der Waals surface area (Å²) in [6.07, 6.45) is 1.30. The second-order valence-corrected chi connectivity index (χ2v) is 7.28. The number of nitro groups is 1. The second kappa shape index (κ2) is 8.91. The Hall–Kier alpha value is -4.17. The fourth-order valence-electron chi connectivity index (χ4n) is 3.16. The summed E-state index contributed by atoms with van der Waals surface area (Å²) in [5.74, 6) is -1.23. The van der Waals surface area contributed by atoms with Gasteiger partial charge in [-0.1, -0.05) is 54.1 Å². The summed E-state index contributed by atoms with van der Waals surface area (Å²) in [7, 11) is 0. The van der Waals surface area contributed by atoms with E-state index < -0.39 is 16.7 Å². The standard InChI is InChI=1S/C23H16ClN3O5/c24-17-11-9-15(10-12-17)14-32-21-16(5-4-8-20(21)27(30)31)13-19-22(28)25-26(23(19)29)18-6-2-1-3-7-18/h1-13H,14H2,(H,25,28). The fourth-order valence-corrected chi connectivity index (χ4v) is 3.29. The van der Waals surface area contributed by atoms with Crippen molar-refractivity contribution in [3.63, 3.8) is 0 Å². The van der Waals surface area contributed by atoms with Crippen molar-refractivity contribution in [1.82, 2.24) is 5.43 Å². The molecule has 0 saturated carbocycles. The highest BCUT2D eigenvalue weighted by Gasteiger charge is 2.35. The number of amides is 2. The van der Waals surface area contributed by atoms with E-state index in [0.717, 1.165) is 10.6 Å². The van der Waals surface area contributed by atoms with Crippen LogP contribution in [0.2, 0.25) is 5.02 Å². The molecule has 2 amide bonds. The Labute approximate surface area is 187 Å². The van der Waals surface area contributed by atoms with Gasteiger partial charge in [0.2, 0.25) is 5.75 Å². The first-order chi connectivity index (χ1) is 15.4. The monoisotopic (exact) mass is 449 g/mol. The molecule has 1 aliphatic rings. The molecule has 1 fully saturated rings. The SMILES string of the molecule is O=C1NN(c2ccccc2)C(=O)C1=Cc1cccc([N+](=O)[O-])c1OCc1ccc(Cl)cc1. The molecule has 0 aromatic heterocycles. The molecule has 1 heterocycles. The maximum atomic E-state index is 12.8. The van der Waals surface area contributed by atoms with Gasteiger partial charge in [0.1, 0.15) is 12.2 Å². The summed E-state index contributed by atoms with van der Waals surface area (Å²) in [5.41, 5.74) is 3.54. The van der Waals surface area contributed by atoms with E-state index in [-0.39, 0.29) is 29.2 Å². The molecule has 0 unspecified atom stereocenters. The second-order valence-electron chi connectivity index (χ2n) is 6.84. The Morgan fingerprint density at radius 2 is 1.72 bits per heavy atom. The minimum absolute atomic E-state index is 0.0362. The number of halogens is 1. The molecule has 0 atom stereocenters. The van der Waals surface area contributed by atoms with Crippen LogP contribution in [0.25, 0.3) is 6.08 Å². The van der Waals surface area contributed by atoms with E-state index in [1.165, 1.54) is 18.2 Å². The Balaban J connectivity index is 1.68. The van der Waals surface area contributed by atoms with E-state index >= 15 is 0 Å². The van der Waals surface area contributed by atoms with Gasteiger partial charge in [-0.2, -0.15) is 0 Å². The summed E-state index contributed by atoms with van der Waals surface area (Å²) < 4.78 is 5.76. The fraction of sp³-hybridized carbons (Fsp3) is 0.0435. The van der Waals surface area contributed by atoms with Gasteiger partial charge in [-0.3, -0.25) is 25.1 Å². The zero-order valence-corrected chi connectivity index (χ0v) is 17.3. The first-order valence-corrected chi connectivity index (χ1v) is 9.88. The number of nitro benzene ring substituents is 1. The molecule has 8 nitrogen and oxygen atoms in total. The van der Waals surface area contributed by atoms with Crippen LogP contribution in [0, 0.1) is 10.1 Å². The predicted molar refractivity (Wildman–Crippen MR) is 119 cm³/mol. The molecule has 1 saturated heterocycles. The molecule has 9 heteroatoms. The van der Waals surface area contributed by atoms with E-state index in [4.69, 9.17) is 16.3 Å². The van der Waals surface area contributed by atoms with Gasteiger partial charge in [-0.25, -0.2) is 5.01 Å². The number of ether oxygens (including phenoxy) is 1. The third kappa shape index (κ3) is 4.30. The Morgan fingerprint density at radius 1 is 1.00 bits per heavy atom. The maximum Gasteiger partial charge on any atom is 0.311 e. The van der Waals surface area contributed by atoms with Crippen LogP contribution in [0.1, 0.15) is 11.1 Å². The van der Waals surface area contributed by atoms with E-state index in [9.17, 15) is 19.7 Å². The highest BCUT2D eigenvalue weighted by Crippen LogP contribution is 2.34. The van der Waals surface area contributed by atoms with Crippen LogP contribution in [-0.2, 0) is 16.2 Å². The maximum absolute atomic E-state index is 12.8. The number of anilines is 1. The van der Waals surface area contributed by atoms with Gasteiger partial charge in [-0.05, 0) is 35.9 Å². The van der Waals surface area contributed by atoms with Crippen molar-refractivity contribution >= 4 is 40.9 Å². The zero-order valence-electron chi connectivity index (χ0n) is 16.5. The smallest absolute Gasteiger partial charge is 0.311 e. The molecule has 1 aliphatic heterocycles. The molecule has 32 heavy (non-hydrogen) atoms. The molecule has 0 radical (unpaired) electrons. The molecule has 0 spiro atoms. The number of rotatable bonds is 6. The summed E-state index contributed by atoms with van der Waals surface area (Å²) in [6.45, 7) is 0.0362. The van der Waals surface area contributed by atoms with E-state index in [1.807, 2.05) is 0 Å². The van der Waals surface area contributed by atoms with Gasteiger partial charge in [0.15, 0.2) is 0 Å². The summed E-state index contributed by atoms with van der Waals surface area (Å²) in [6, 6.07) is 19.8. The molecule has 3 aromatic rings. The minimum Gasteiger partial charge on any atom is -0.482 e. The van der Waals surface area contributed by atoms with Crippen molar-refractivity contribution in [2.45, 2.75) is 6.61 Å². The number of benzene rings is 3. The number of hydrazine groups is 1. The molecule has 0 aliphatic carbocycles. The van der Waals surface area contributed by atoms with Crippen molar-refractivity contribution < 1.29 is 19.2 Å². The lowest BCUT2D eigenvalue weighted by Gasteiger charge is -2.14. The van der Waals surface area contributed by atoms with Crippen LogP contribution in [-0.4, -0.2) is 16.7 Å². The lowest BCUT2D eigenvalue weighted by molar-refractivity contribution is -0.386. The first-order valence-electron chi connectivity index (χ1n) is 9.51. The largest absolute Gasteiger partial charge is 0.482 e. The van der Waals surface area contributed by atoms with E-state index in [2.05, 4.69) is 5.43 Å². The van der Waals surface area contributed by atoms with Gasteiger partial charge < -0.3 is 4.74 Å². The van der Waals surface area contributed by atoms with Crippen LogP contribution < -0.4 is 15.2 Å². The average molecular weight is 450 g/mol. The normalized spacial score (nSPS) is 14.5. The molecule has 0 bridgehead atoms. The number of carbonyl (C=O) groups excluding carboxylic acids is 2. The van der Waals surface area contributed by atoms with E-state index in [0.29, 0.717) is 10.7 Å². The third-order valence-corrected chi connectivity index (χ3v) is 4.98. The zero-order chi connectivity index (χ0) is 22.7. The molecule has 160 valence electrons. The molecular weight excluding hydrogens is 434 g/mol.